The number of amides is 2. The number of pyridine rings is 1. The van der Waals surface area contributed by atoms with Gasteiger partial charge in [0.15, 0.2) is 0 Å². The maximum absolute atomic E-state index is 12.8. The van der Waals surface area contributed by atoms with Crippen LogP contribution in [0.15, 0.2) is 18.2 Å². The minimum absolute atomic E-state index is 0. The van der Waals surface area contributed by atoms with Gasteiger partial charge in [0.05, 0.1) is 49.7 Å². The number of hydrogen-bond donors (Lipinski definition) is 14. The van der Waals surface area contributed by atoms with Crippen molar-refractivity contribution in [2.45, 2.75) is 86.8 Å². The van der Waals surface area contributed by atoms with Crippen molar-refractivity contribution in [2.75, 3.05) is 59.5 Å². The van der Waals surface area contributed by atoms with E-state index in [9.17, 15) is 70.2 Å². The van der Waals surface area contributed by atoms with E-state index in [1.54, 1.807) is 30.1 Å². The second-order valence-corrected chi connectivity index (χ2v) is 13.2. The molecule has 2 heterocycles. The van der Waals surface area contributed by atoms with Crippen LogP contribution in [0.1, 0.15) is 24.2 Å². The van der Waals surface area contributed by atoms with Crippen molar-refractivity contribution in [3.63, 3.8) is 0 Å². The summed E-state index contributed by atoms with van der Waals surface area (Å²) in [6, 6.07) is 2.07. The van der Waals surface area contributed by atoms with Gasteiger partial charge in [-0.25, -0.2) is 0 Å². The first-order valence-corrected chi connectivity index (χ1v) is 17.2. The van der Waals surface area contributed by atoms with Crippen LogP contribution >= 0.6 is 0 Å². The van der Waals surface area contributed by atoms with Gasteiger partial charge in [-0.3, -0.25) is 34.0 Å². The van der Waals surface area contributed by atoms with Gasteiger partial charge in [-0.2, -0.15) is 0 Å². The number of carbonyl (C=O) groups excluding carboxylic acids is 2. The summed E-state index contributed by atoms with van der Waals surface area (Å²) in [5, 5.41) is 122. The average molecular weight is 834 g/mol. The molecule has 10 atom stereocenters. The Hall–Kier alpha value is -2.97. The van der Waals surface area contributed by atoms with Crippen LogP contribution in [0.2, 0.25) is 0 Å². The SMILES string of the molecule is CN1CCN(C(CC(=O)NC[C@H](O)[C@@H](O)[C@H](O)[C@H](O)CO)C(=O)O)Cc2cccc(n2)CN(C(CC(=O)NC[C@H](O)[C@@H](O)[C@H](O)[C@H](O)CO)C(=O)O)CC1.[Mn]. The number of fused-ring (bicyclic) bond motifs is 2. The Kier molecular flexibility index (Phi) is 22.4. The molecule has 0 spiro atoms. The number of carboxylic acids is 2. The molecule has 55 heavy (non-hydrogen) atoms. The molecular formula is C32H54MnN6O16. The van der Waals surface area contributed by atoms with Crippen LogP contribution in [0, 0.1) is 0 Å². The van der Waals surface area contributed by atoms with E-state index in [1.807, 2.05) is 0 Å². The van der Waals surface area contributed by atoms with Gasteiger partial charge in [0.25, 0.3) is 0 Å². The van der Waals surface area contributed by atoms with E-state index in [4.69, 9.17) is 10.2 Å². The van der Waals surface area contributed by atoms with Gasteiger partial charge in [0, 0.05) is 69.4 Å². The molecule has 2 rings (SSSR count). The summed E-state index contributed by atoms with van der Waals surface area (Å²) in [6.07, 6.45) is -15.9. The number of carbonyl (C=O) groups is 4. The molecule has 0 aliphatic carbocycles. The fourth-order valence-electron chi connectivity index (χ4n) is 5.57. The normalized spacial score (nSPS) is 20.3. The number of aromatic nitrogens is 1. The predicted molar refractivity (Wildman–Crippen MR) is 183 cm³/mol. The molecule has 0 saturated heterocycles. The fourth-order valence-corrected chi connectivity index (χ4v) is 5.57. The molecule has 1 aromatic rings. The van der Waals surface area contributed by atoms with E-state index in [-0.39, 0.29) is 56.3 Å². The first-order valence-electron chi connectivity index (χ1n) is 17.2. The van der Waals surface area contributed by atoms with Crippen molar-refractivity contribution in [1.82, 2.24) is 30.3 Å². The number of nitrogens with zero attached hydrogens (tertiary/aromatic N) is 4. The quantitative estimate of drug-likeness (QED) is 0.0543. The standard InChI is InChI=1S/C32H54N6O16.Mn/c1-36-5-7-37(19(31(51)52)9-25(45)33-11-21(41)27(47)29(49)23(43)15-39)13-17-3-2-4-18(35-17)14-38(8-6-36)20(32(53)54)10-26(46)34-12-22(42)28(48)30(50)24(44)16-40;/h2-4,19-24,27-30,39-44,47-50H,5-16H2,1H3,(H,33,45)(H,34,46)(H,51,52)(H,53,54);/t19?,20?,21-,22-,23+,24+,27+,28+,29+,30+;/m0./s1. The zero-order chi connectivity index (χ0) is 40.7. The third-order valence-corrected chi connectivity index (χ3v) is 9.01. The molecular weight excluding hydrogens is 779 g/mol. The Morgan fingerprint density at radius 3 is 1.31 bits per heavy atom. The number of aliphatic carboxylic acids is 2. The zero-order valence-electron chi connectivity index (χ0n) is 30.2. The van der Waals surface area contributed by atoms with E-state index < -0.39 is 124 Å². The van der Waals surface area contributed by atoms with Crippen molar-refractivity contribution in [3.05, 3.63) is 29.6 Å². The molecule has 0 saturated carbocycles. The second-order valence-electron chi connectivity index (χ2n) is 13.2. The van der Waals surface area contributed by atoms with Crippen molar-refractivity contribution in [2.24, 2.45) is 0 Å². The number of rotatable bonds is 20. The molecule has 0 aromatic carbocycles. The van der Waals surface area contributed by atoms with Gasteiger partial charge < -0.3 is 76.8 Å². The molecule has 1 aliphatic rings. The topological polar surface area (TPSA) is 358 Å². The summed E-state index contributed by atoms with van der Waals surface area (Å²) in [4.78, 5) is 59.8. The predicted octanol–water partition coefficient (Wildman–Crippen LogP) is -7.58. The van der Waals surface area contributed by atoms with Gasteiger partial charge in [-0.05, 0) is 19.2 Å². The largest absolute Gasteiger partial charge is 0.480 e. The van der Waals surface area contributed by atoms with Crippen LogP contribution in [0.5, 0.6) is 0 Å². The Labute approximate surface area is 327 Å². The van der Waals surface area contributed by atoms with Gasteiger partial charge in [-0.15, -0.1) is 0 Å². The number of likely N-dealkylation sites (N-methyl/N-ethyl adjacent to an activating group) is 1. The third kappa shape index (κ3) is 16.2. The van der Waals surface area contributed by atoms with Crippen molar-refractivity contribution < 1.29 is 97.5 Å². The van der Waals surface area contributed by atoms with Crippen LogP contribution < -0.4 is 10.6 Å². The van der Waals surface area contributed by atoms with E-state index in [0.717, 1.165) is 0 Å². The molecule has 1 radical (unpaired) electrons. The fraction of sp³-hybridized carbons (Fsp3) is 0.719. The third-order valence-electron chi connectivity index (χ3n) is 9.01. The zero-order valence-corrected chi connectivity index (χ0v) is 31.3. The van der Waals surface area contributed by atoms with E-state index >= 15 is 0 Å². The number of aliphatic hydroxyl groups is 10. The molecule has 22 nitrogen and oxygen atoms in total. The Balaban J connectivity index is 0.0000151. The maximum atomic E-state index is 12.8. The minimum Gasteiger partial charge on any atom is -0.480 e. The first-order chi connectivity index (χ1) is 25.4. The van der Waals surface area contributed by atoms with E-state index in [1.165, 1.54) is 9.80 Å². The average Bonchev–Trinajstić information content (AvgIpc) is 3.14. The molecule has 2 amide bonds. The molecule has 23 heteroatoms. The Bertz CT molecular complexity index is 1260. The van der Waals surface area contributed by atoms with Gasteiger partial charge in [0.2, 0.25) is 11.8 Å². The molecule has 2 unspecified atom stereocenters. The molecule has 2 bridgehead atoms. The summed E-state index contributed by atoms with van der Waals surface area (Å²) in [6.45, 7) is -2.42. The first kappa shape index (κ1) is 50.0. The number of carboxylic acid groups (broad SMARTS) is 2. The van der Waals surface area contributed by atoms with Gasteiger partial charge in [0.1, 0.15) is 48.7 Å². The summed E-state index contributed by atoms with van der Waals surface area (Å²) in [7, 11) is 1.70. The second kappa shape index (κ2) is 24.6. The summed E-state index contributed by atoms with van der Waals surface area (Å²) in [5.41, 5.74) is 0.756. The monoisotopic (exact) mass is 833 g/mol. The van der Waals surface area contributed by atoms with Gasteiger partial charge >= 0.3 is 11.9 Å². The summed E-state index contributed by atoms with van der Waals surface area (Å²) >= 11 is 0. The Morgan fingerprint density at radius 2 is 0.982 bits per heavy atom. The van der Waals surface area contributed by atoms with E-state index in [0.29, 0.717) is 11.4 Å². The maximum Gasteiger partial charge on any atom is 0.321 e. The molecule has 315 valence electrons. The number of hydrogen-bond acceptors (Lipinski definition) is 18. The van der Waals surface area contributed by atoms with Crippen LogP contribution in [0.3, 0.4) is 0 Å². The Morgan fingerprint density at radius 1 is 0.636 bits per heavy atom. The van der Waals surface area contributed by atoms with Crippen LogP contribution in [-0.4, -0.2) is 225 Å². The van der Waals surface area contributed by atoms with Crippen molar-refractivity contribution in [3.8, 4) is 0 Å². The van der Waals surface area contributed by atoms with Crippen LogP contribution in [0.4, 0.5) is 0 Å². The molecule has 0 fully saturated rings. The smallest absolute Gasteiger partial charge is 0.321 e. The van der Waals surface area contributed by atoms with Gasteiger partial charge in [-0.1, -0.05) is 6.07 Å². The van der Waals surface area contributed by atoms with Crippen LogP contribution in [0.25, 0.3) is 0 Å². The molecule has 1 aliphatic heterocycles. The minimum atomic E-state index is -1.93. The molecule has 1 aromatic heterocycles. The number of aliphatic hydroxyl groups excluding tert-OH is 10. The van der Waals surface area contributed by atoms with E-state index in [2.05, 4.69) is 15.6 Å². The number of nitrogens with one attached hydrogen (secondary N) is 2. The molecule has 14 N–H and O–H groups in total. The van der Waals surface area contributed by atoms with Crippen molar-refractivity contribution in [1.29, 1.82) is 0 Å². The van der Waals surface area contributed by atoms with Crippen LogP contribution in [-0.2, 0) is 49.3 Å². The van der Waals surface area contributed by atoms with Crippen molar-refractivity contribution >= 4 is 23.8 Å². The summed E-state index contributed by atoms with van der Waals surface area (Å²) in [5.74, 6) is -4.30. The summed E-state index contributed by atoms with van der Waals surface area (Å²) < 4.78 is 0.